The number of hydrogen-bond acceptors (Lipinski definition) is 3. The summed E-state index contributed by atoms with van der Waals surface area (Å²) in [7, 11) is 0. The molecule has 0 bridgehead atoms. The summed E-state index contributed by atoms with van der Waals surface area (Å²) in [5, 5.41) is 3.14. The lowest BCUT2D eigenvalue weighted by atomic mass is 9.97. The summed E-state index contributed by atoms with van der Waals surface area (Å²) >= 11 is 0. The Kier molecular flexibility index (Phi) is 6.71. The van der Waals surface area contributed by atoms with Crippen LogP contribution < -0.4 is 11.1 Å². The molecule has 1 heterocycles. The van der Waals surface area contributed by atoms with Gasteiger partial charge in [-0.15, -0.1) is 0 Å². The molecule has 126 valence electrons. The van der Waals surface area contributed by atoms with Gasteiger partial charge in [-0.1, -0.05) is 12.2 Å². The van der Waals surface area contributed by atoms with Gasteiger partial charge in [0.15, 0.2) is 5.96 Å². The van der Waals surface area contributed by atoms with Gasteiger partial charge in [-0.05, 0) is 46.5 Å². The van der Waals surface area contributed by atoms with Crippen LogP contribution >= 0.6 is 0 Å². The summed E-state index contributed by atoms with van der Waals surface area (Å²) in [4.78, 5) is 17.9. The van der Waals surface area contributed by atoms with E-state index in [0.717, 1.165) is 38.0 Å². The number of guanidine groups is 1. The number of nitrogens with two attached hydrogens (primary N) is 1. The quantitative estimate of drug-likeness (QED) is 0.473. The van der Waals surface area contributed by atoms with Gasteiger partial charge in [-0.3, -0.25) is 0 Å². The van der Waals surface area contributed by atoms with Crippen LogP contribution in [0.1, 0.15) is 40.5 Å². The van der Waals surface area contributed by atoms with Crippen molar-refractivity contribution < 1.29 is 9.53 Å². The maximum atomic E-state index is 12.0. The first kappa shape index (κ1) is 18.3. The van der Waals surface area contributed by atoms with Gasteiger partial charge >= 0.3 is 6.09 Å². The minimum atomic E-state index is -0.441. The first-order chi connectivity index (χ1) is 10.2. The first-order valence-electron chi connectivity index (χ1n) is 7.83. The predicted molar refractivity (Wildman–Crippen MR) is 89.8 cm³/mol. The molecule has 1 saturated heterocycles. The highest BCUT2D eigenvalue weighted by molar-refractivity contribution is 5.77. The first-order valence-corrected chi connectivity index (χ1v) is 7.83. The smallest absolute Gasteiger partial charge is 0.410 e. The molecule has 0 aromatic carbocycles. The summed E-state index contributed by atoms with van der Waals surface area (Å²) in [6.45, 7) is 14.1. The fraction of sp³-hybridized carbons (Fsp3) is 0.750. The molecule has 0 aromatic rings. The van der Waals surface area contributed by atoms with E-state index >= 15 is 0 Å². The molecule has 1 aliphatic rings. The standard InChI is InChI=1S/C16H30N4O2/c1-12(2)10-18-14(17)19-11-13-6-8-20(9-7-13)15(21)22-16(3,4)5/h13H,1,6-11H2,2-5H3,(H3,17,18,19). The van der Waals surface area contributed by atoms with Crippen molar-refractivity contribution in [2.75, 3.05) is 26.2 Å². The Morgan fingerprint density at radius 2 is 2.00 bits per heavy atom. The lowest BCUT2D eigenvalue weighted by Gasteiger charge is -2.33. The number of piperidine rings is 1. The summed E-state index contributed by atoms with van der Waals surface area (Å²) in [5.41, 5.74) is 6.34. The number of ether oxygens (including phenoxy) is 1. The third-order valence-corrected chi connectivity index (χ3v) is 3.36. The molecular weight excluding hydrogens is 280 g/mol. The van der Waals surface area contributed by atoms with Crippen molar-refractivity contribution in [2.24, 2.45) is 16.6 Å². The van der Waals surface area contributed by atoms with Crippen LogP contribution in [0.4, 0.5) is 4.79 Å². The molecule has 6 nitrogen and oxygen atoms in total. The van der Waals surface area contributed by atoms with Crippen molar-refractivity contribution in [3.63, 3.8) is 0 Å². The van der Waals surface area contributed by atoms with Crippen LogP contribution in [0.25, 0.3) is 0 Å². The van der Waals surface area contributed by atoms with Crippen LogP contribution in [0.15, 0.2) is 17.1 Å². The van der Waals surface area contributed by atoms with Crippen molar-refractivity contribution in [3.8, 4) is 0 Å². The van der Waals surface area contributed by atoms with Gasteiger partial charge in [0.2, 0.25) is 0 Å². The van der Waals surface area contributed by atoms with E-state index in [2.05, 4.69) is 16.9 Å². The second-order valence-corrected chi connectivity index (χ2v) is 6.95. The zero-order valence-electron chi connectivity index (χ0n) is 14.3. The van der Waals surface area contributed by atoms with Gasteiger partial charge in [0.1, 0.15) is 5.60 Å². The van der Waals surface area contributed by atoms with Crippen molar-refractivity contribution in [1.29, 1.82) is 0 Å². The van der Waals surface area contributed by atoms with Gasteiger partial charge in [-0.2, -0.15) is 0 Å². The van der Waals surface area contributed by atoms with E-state index in [-0.39, 0.29) is 6.09 Å². The summed E-state index contributed by atoms with van der Waals surface area (Å²) in [6.07, 6.45) is 1.67. The SMILES string of the molecule is C=C(C)CN=C(N)NCC1CCN(C(=O)OC(C)(C)C)CC1. The Bertz CT molecular complexity index is 418. The Hall–Kier alpha value is -1.72. The Morgan fingerprint density at radius 1 is 1.41 bits per heavy atom. The average Bonchev–Trinajstić information content (AvgIpc) is 2.41. The molecule has 0 unspecified atom stereocenters. The Morgan fingerprint density at radius 3 is 2.50 bits per heavy atom. The van der Waals surface area contributed by atoms with Gasteiger partial charge in [0.25, 0.3) is 0 Å². The normalized spacial score (nSPS) is 17.3. The molecule has 1 fully saturated rings. The van der Waals surface area contributed by atoms with E-state index in [4.69, 9.17) is 10.5 Å². The molecule has 1 aliphatic heterocycles. The summed E-state index contributed by atoms with van der Waals surface area (Å²) < 4.78 is 5.39. The Labute approximate surface area is 133 Å². The largest absolute Gasteiger partial charge is 0.444 e. The molecule has 0 aromatic heterocycles. The number of carbonyl (C=O) groups excluding carboxylic acids is 1. The van der Waals surface area contributed by atoms with Crippen molar-refractivity contribution in [1.82, 2.24) is 10.2 Å². The third kappa shape index (κ3) is 7.33. The highest BCUT2D eigenvalue weighted by Gasteiger charge is 2.26. The van der Waals surface area contributed by atoms with Gasteiger partial charge in [0, 0.05) is 19.6 Å². The minimum absolute atomic E-state index is 0.221. The summed E-state index contributed by atoms with van der Waals surface area (Å²) in [6, 6.07) is 0. The van der Waals surface area contributed by atoms with E-state index in [1.54, 1.807) is 4.90 Å². The number of amides is 1. The van der Waals surface area contributed by atoms with Gasteiger partial charge < -0.3 is 20.7 Å². The molecule has 3 N–H and O–H groups in total. The highest BCUT2D eigenvalue weighted by Crippen LogP contribution is 2.19. The number of carbonyl (C=O) groups is 1. The van der Waals surface area contributed by atoms with Crippen LogP contribution in [0.2, 0.25) is 0 Å². The number of nitrogens with zero attached hydrogens (tertiary/aromatic N) is 2. The average molecular weight is 310 g/mol. The lowest BCUT2D eigenvalue weighted by molar-refractivity contribution is 0.0185. The monoisotopic (exact) mass is 310 g/mol. The zero-order valence-corrected chi connectivity index (χ0v) is 14.3. The number of nitrogens with one attached hydrogen (secondary N) is 1. The predicted octanol–water partition coefficient (Wildman–Crippen LogP) is 2.11. The van der Waals surface area contributed by atoms with E-state index < -0.39 is 5.60 Å². The molecule has 22 heavy (non-hydrogen) atoms. The van der Waals surface area contributed by atoms with Crippen molar-refractivity contribution in [2.45, 2.75) is 46.1 Å². The number of rotatable bonds is 4. The van der Waals surface area contributed by atoms with Gasteiger partial charge in [-0.25, -0.2) is 9.79 Å². The van der Waals surface area contributed by atoms with Crippen molar-refractivity contribution in [3.05, 3.63) is 12.2 Å². The lowest BCUT2D eigenvalue weighted by Crippen LogP contribution is -2.44. The fourth-order valence-corrected chi connectivity index (χ4v) is 2.17. The molecule has 1 rings (SSSR count). The maximum absolute atomic E-state index is 12.0. The molecule has 0 saturated carbocycles. The Balaban J connectivity index is 2.29. The molecule has 0 radical (unpaired) electrons. The molecule has 1 amide bonds. The van der Waals surface area contributed by atoms with Crippen LogP contribution in [0.3, 0.4) is 0 Å². The number of aliphatic imine (C=N–C) groups is 1. The van der Waals surface area contributed by atoms with Crippen LogP contribution in [0.5, 0.6) is 0 Å². The maximum Gasteiger partial charge on any atom is 0.410 e. The minimum Gasteiger partial charge on any atom is -0.444 e. The van der Waals surface area contributed by atoms with E-state index in [9.17, 15) is 4.79 Å². The van der Waals surface area contributed by atoms with Crippen molar-refractivity contribution >= 4 is 12.1 Å². The zero-order chi connectivity index (χ0) is 16.8. The van der Waals surface area contributed by atoms with Crippen LogP contribution in [0, 0.1) is 5.92 Å². The molecule has 6 heteroatoms. The second kappa shape index (κ2) is 8.06. The van der Waals surface area contributed by atoms with E-state index in [0.29, 0.717) is 18.4 Å². The van der Waals surface area contributed by atoms with E-state index in [1.165, 1.54) is 0 Å². The third-order valence-electron chi connectivity index (χ3n) is 3.36. The number of hydrogen-bond donors (Lipinski definition) is 2. The molecule has 0 aliphatic carbocycles. The number of likely N-dealkylation sites (tertiary alicyclic amines) is 1. The molecular formula is C16H30N4O2. The van der Waals surface area contributed by atoms with Gasteiger partial charge in [0.05, 0.1) is 6.54 Å². The molecule has 0 spiro atoms. The second-order valence-electron chi connectivity index (χ2n) is 6.95. The highest BCUT2D eigenvalue weighted by atomic mass is 16.6. The van der Waals surface area contributed by atoms with Crippen LogP contribution in [-0.4, -0.2) is 48.7 Å². The summed E-state index contributed by atoms with van der Waals surface area (Å²) in [5.74, 6) is 0.954. The van der Waals surface area contributed by atoms with E-state index in [1.807, 2.05) is 27.7 Å². The fourth-order valence-electron chi connectivity index (χ4n) is 2.17. The van der Waals surface area contributed by atoms with Crippen LogP contribution in [-0.2, 0) is 4.74 Å². The topological polar surface area (TPSA) is 80.0 Å². The molecule has 0 atom stereocenters.